The summed E-state index contributed by atoms with van der Waals surface area (Å²) in [4.78, 5) is 29.8. The summed E-state index contributed by atoms with van der Waals surface area (Å²) in [5.41, 5.74) is 0. The van der Waals surface area contributed by atoms with Crippen LogP contribution in [0.1, 0.15) is 19.8 Å². The molecule has 0 unspecified atom stereocenters. The number of carbonyl (C=O) groups excluding carboxylic acids is 1. The first-order chi connectivity index (χ1) is 9.54. The Hall–Kier alpha value is -1.59. The van der Waals surface area contributed by atoms with Gasteiger partial charge >= 0.3 is 11.9 Å². The van der Waals surface area contributed by atoms with Gasteiger partial charge in [0.15, 0.2) is 5.78 Å². The van der Waals surface area contributed by atoms with Gasteiger partial charge in [-0.2, -0.15) is 0 Å². The van der Waals surface area contributed by atoms with Gasteiger partial charge < -0.3 is 35.7 Å². The molecule has 21 heavy (non-hydrogen) atoms. The third-order valence-corrected chi connectivity index (χ3v) is 2.22. The van der Waals surface area contributed by atoms with Crippen LogP contribution in [0.3, 0.4) is 0 Å². The zero-order chi connectivity index (χ0) is 17.2. The van der Waals surface area contributed by atoms with Gasteiger partial charge in [0.2, 0.25) is 0 Å². The Bertz CT molecular complexity index is 328. The number of aliphatic carboxylic acids is 2. The first-order valence-corrected chi connectivity index (χ1v) is 5.81. The molecule has 124 valence electrons. The Labute approximate surface area is 119 Å². The van der Waals surface area contributed by atoms with Gasteiger partial charge in [0.1, 0.15) is 24.4 Å². The summed E-state index contributed by atoms with van der Waals surface area (Å²) in [5, 5.41) is 60.1. The van der Waals surface area contributed by atoms with Crippen molar-refractivity contribution >= 4 is 17.7 Å². The normalized spacial score (nSPS) is 15.9. The lowest BCUT2D eigenvalue weighted by Gasteiger charge is -2.23. The molecule has 0 aromatic rings. The number of carboxylic acids is 2. The van der Waals surface area contributed by atoms with Crippen LogP contribution >= 0.6 is 0 Å². The van der Waals surface area contributed by atoms with Gasteiger partial charge in [0, 0.05) is 0 Å². The molecule has 10 nitrogen and oxygen atoms in total. The van der Waals surface area contributed by atoms with Crippen LogP contribution in [-0.2, 0) is 14.4 Å². The summed E-state index contributed by atoms with van der Waals surface area (Å²) in [6, 6.07) is 0. The molecular weight excluding hydrogens is 292 g/mol. The molecular formula is C11H20O10. The number of aliphatic hydroxyl groups excluding tert-OH is 5. The first-order valence-electron chi connectivity index (χ1n) is 5.81. The third-order valence-electron chi connectivity index (χ3n) is 2.22. The highest BCUT2D eigenvalue weighted by molar-refractivity contribution is 5.80. The second-order valence-corrected chi connectivity index (χ2v) is 4.07. The molecule has 0 aliphatic heterocycles. The molecule has 4 atom stereocenters. The second kappa shape index (κ2) is 11.1. The lowest BCUT2D eigenvalue weighted by Crippen LogP contribution is -2.48. The molecule has 0 saturated heterocycles. The highest BCUT2D eigenvalue weighted by Gasteiger charge is 2.32. The highest BCUT2D eigenvalue weighted by Crippen LogP contribution is 2.05. The molecule has 0 aromatic heterocycles. The third kappa shape index (κ3) is 10.8. The van der Waals surface area contributed by atoms with E-state index in [2.05, 4.69) is 0 Å². The highest BCUT2D eigenvalue weighted by atomic mass is 16.4. The van der Waals surface area contributed by atoms with Crippen LogP contribution < -0.4 is 0 Å². The van der Waals surface area contributed by atoms with Crippen LogP contribution in [0.15, 0.2) is 0 Å². The summed E-state index contributed by atoms with van der Waals surface area (Å²) in [5.74, 6) is -2.88. The molecule has 10 heteroatoms. The van der Waals surface area contributed by atoms with Gasteiger partial charge in [-0.25, -0.2) is 0 Å². The molecule has 0 saturated carbocycles. The zero-order valence-corrected chi connectivity index (χ0v) is 11.3. The van der Waals surface area contributed by atoms with Crippen LogP contribution in [0.4, 0.5) is 0 Å². The van der Waals surface area contributed by atoms with Crippen LogP contribution in [0.5, 0.6) is 0 Å². The van der Waals surface area contributed by atoms with Gasteiger partial charge in [0.05, 0.1) is 19.4 Å². The van der Waals surface area contributed by atoms with Gasteiger partial charge in [-0.15, -0.1) is 0 Å². The number of rotatable bonds is 8. The SMILES string of the molecule is CC(=O)[C@H](O)[C@@H](O)[C@H](O)[C@H](O)CO.O=C(O)CCC(=O)O. The lowest BCUT2D eigenvalue weighted by molar-refractivity contribution is -0.145. The molecule has 0 bridgehead atoms. The topological polar surface area (TPSA) is 193 Å². The van der Waals surface area contributed by atoms with Crippen molar-refractivity contribution in [1.29, 1.82) is 0 Å². The summed E-state index contributed by atoms with van der Waals surface area (Å²) in [7, 11) is 0. The minimum Gasteiger partial charge on any atom is -0.481 e. The number of hydrogen-bond acceptors (Lipinski definition) is 8. The average molecular weight is 312 g/mol. The van der Waals surface area contributed by atoms with Crippen molar-refractivity contribution in [3.05, 3.63) is 0 Å². The van der Waals surface area contributed by atoms with Crippen molar-refractivity contribution < 1.29 is 50.1 Å². The Morgan fingerprint density at radius 2 is 1.24 bits per heavy atom. The molecule has 0 rings (SSSR count). The average Bonchev–Trinajstić information content (AvgIpc) is 2.42. The molecule has 0 radical (unpaired) electrons. The molecule has 0 aliphatic carbocycles. The van der Waals surface area contributed by atoms with Crippen molar-refractivity contribution in [1.82, 2.24) is 0 Å². The predicted molar refractivity (Wildman–Crippen MR) is 66.3 cm³/mol. The van der Waals surface area contributed by atoms with E-state index in [1.165, 1.54) is 0 Å². The number of ketones is 1. The fourth-order valence-electron chi connectivity index (χ4n) is 0.977. The smallest absolute Gasteiger partial charge is 0.303 e. The van der Waals surface area contributed by atoms with Gasteiger partial charge in [-0.3, -0.25) is 14.4 Å². The fourth-order valence-corrected chi connectivity index (χ4v) is 0.977. The quantitative estimate of drug-likeness (QED) is 0.242. The summed E-state index contributed by atoms with van der Waals surface area (Å²) in [6.45, 7) is 0.273. The van der Waals surface area contributed by atoms with Crippen molar-refractivity contribution in [2.45, 2.75) is 44.2 Å². The van der Waals surface area contributed by atoms with Crippen LogP contribution in [0.2, 0.25) is 0 Å². The molecule has 7 N–H and O–H groups in total. The van der Waals surface area contributed by atoms with E-state index >= 15 is 0 Å². The van der Waals surface area contributed by atoms with Gasteiger partial charge in [-0.05, 0) is 6.92 Å². The van der Waals surface area contributed by atoms with Crippen molar-refractivity contribution in [2.24, 2.45) is 0 Å². The maximum Gasteiger partial charge on any atom is 0.303 e. The van der Waals surface area contributed by atoms with Crippen LogP contribution in [-0.4, -0.2) is 84.5 Å². The summed E-state index contributed by atoms with van der Waals surface area (Å²) >= 11 is 0. The number of Topliss-reactive ketones (excluding diaryl/α,β-unsaturated/α-hetero) is 1. The molecule has 0 amide bonds. The van der Waals surface area contributed by atoms with E-state index in [1.807, 2.05) is 0 Å². The molecule has 0 aromatic carbocycles. The maximum atomic E-state index is 10.5. The monoisotopic (exact) mass is 312 g/mol. The fraction of sp³-hybridized carbons (Fsp3) is 0.727. The van der Waals surface area contributed by atoms with Crippen LogP contribution in [0, 0.1) is 0 Å². The zero-order valence-electron chi connectivity index (χ0n) is 11.3. The largest absolute Gasteiger partial charge is 0.481 e. The Balaban J connectivity index is 0. The Morgan fingerprint density at radius 1 is 0.857 bits per heavy atom. The van der Waals surface area contributed by atoms with Crippen molar-refractivity contribution in [3.8, 4) is 0 Å². The van der Waals surface area contributed by atoms with E-state index in [0.29, 0.717) is 0 Å². The molecule has 0 fully saturated rings. The minimum atomic E-state index is -1.79. The molecule has 0 spiro atoms. The standard InChI is InChI=1S/C7H14O6.C4H6O4/c1-3(9)5(11)7(13)6(12)4(10)2-8;5-3(6)1-2-4(7)8/h4-8,10-13H,2H2,1H3;1-2H2,(H,5,6)(H,7,8)/t4-,5+,6-,7-;/m1./s1. The maximum absolute atomic E-state index is 10.5. The van der Waals surface area contributed by atoms with Gasteiger partial charge in [-0.1, -0.05) is 0 Å². The molecule has 0 heterocycles. The lowest BCUT2D eigenvalue weighted by atomic mass is 10.0. The van der Waals surface area contributed by atoms with Crippen molar-refractivity contribution in [3.63, 3.8) is 0 Å². The van der Waals surface area contributed by atoms with Crippen LogP contribution in [0.25, 0.3) is 0 Å². The van der Waals surface area contributed by atoms with E-state index < -0.39 is 48.7 Å². The summed E-state index contributed by atoms with van der Waals surface area (Å²) < 4.78 is 0. The second-order valence-electron chi connectivity index (χ2n) is 4.07. The number of aliphatic hydroxyl groups is 5. The van der Waals surface area contributed by atoms with E-state index in [9.17, 15) is 14.4 Å². The summed E-state index contributed by atoms with van der Waals surface area (Å²) in [6.07, 6.45) is -7.46. The van der Waals surface area contributed by atoms with Gasteiger partial charge in [0.25, 0.3) is 0 Å². The first kappa shape index (κ1) is 21.7. The number of carboxylic acid groups (broad SMARTS) is 2. The Morgan fingerprint density at radius 3 is 1.48 bits per heavy atom. The predicted octanol–water partition coefficient (Wildman–Crippen LogP) is -3.05. The number of hydrogen-bond donors (Lipinski definition) is 7. The number of carbonyl (C=O) groups is 3. The van der Waals surface area contributed by atoms with E-state index in [-0.39, 0.29) is 12.8 Å². The Kier molecular flexibility index (Phi) is 11.5. The minimum absolute atomic E-state index is 0.296. The van der Waals surface area contributed by atoms with E-state index in [1.54, 1.807) is 0 Å². The van der Waals surface area contributed by atoms with E-state index in [4.69, 9.17) is 35.7 Å². The van der Waals surface area contributed by atoms with E-state index in [0.717, 1.165) is 6.92 Å². The van der Waals surface area contributed by atoms with Crippen molar-refractivity contribution in [2.75, 3.05) is 6.61 Å². The molecule has 0 aliphatic rings.